The molecular formula is C20H19NO3. The number of hydrogen-bond donors (Lipinski definition) is 1. The van der Waals surface area contributed by atoms with E-state index in [1.54, 1.807) is 31.2 Å². The number of fused-ring (bicyclic) bond motifs is 1. The molecule has 0 amide bonds. The number of benzene rings is 2. The summed E-state index contributed by atoms with van der Waals surface area (Å²) in [5, 5.41) is 1.11. The first-order valence-electron chi connectivity index (χ1n) is 7.99. The van der Waals surface area contributed by atoms with Crippen LogP contribution in [-0.4, -0.2) is 22.8 Å². The first-order chi connectivity index (χ1) is 11.6. The fourth-order valence-corrected chi connectivity index (χ4v) is 2.72. The molecule has 0 aliphatic heterocycles. The maximum atomic E-state index is 12.2. The highest BCUT2D eigenvalue weighted by molar-refractivity contribution is 6.00. The summed E-state index contributed by atoms with van der Waals surface area (Å²) >= 11 is 0. The van der Waals surface area contributed by atoms with Gasteiger partial charge in [0.1, 0.15) is 0 Å². The molecule has 3 aromatic rings. The van der Waals surface area contributed by atoms with Crippen LogP contribution >= 0.6 is 0 Å². The molecule has 0 aliphatic rings. The van der Waals surface area contributed by atoms with Crippen molar-refractivity contribution in [1.82, 2.24) is 4.98 Å². The Balaban J connectivity index is 1.57. The van der Waals surface area contributed by atoms with E-state index in [0.29, 0.717) is 12.0 Å². The summed E-state index contributed by atoms with van der Waals surface area (Å²) in [5.41, 5.74) is 2.67. The molecule has 0 saturated carbocycles. The Bertz CT molecular complexity index is 851. The molecule has 2 aromatic carbocycles. The van der Waals surface area contributed by atoms with Crippen LogP contribution in [0.5, 0.6) is 0 Å². The fourth-order valence-electron chi connectivity index (χ4n) is 2.72. The molecule has 0 bridgehead atoms. The van der Waals surface area contributed by atoms with Gasteiger partial charge < -0.3 is 9.72 Å². The van der Waals surface area contributed by atoms with Crippen LogP contribution in [0.3, 0.4) is 0 Å². The van der Waals surface area contributed by atoms with Crippen LogP contribution in [0.15, 0.2) is 60.8 Å². The minimum atomic E-state index is -0.775. The predicted molar refractivity (Wildman–Crippen MR) is 92.9 cm³/mol. The highest BCUT2D eigenvalue weighted by Gasteiger charge is 2.19. The number of ether oxygens (including phenoxy) is 1. The van der Waals surface area contributed by atoms with Gasteiger partial charge in [-0.1, -0.05) is 48.5 Å². The Morgan fingerprint density at radius 1 is 1.04 bits per heavy atom. The van der Waals surface area contributed by atoms with Gasteiger partial charge >= 0.3 is 5.97 Å². The summed E-state index contributed by atoms with van der Waals surface area (Å²) in [7, 11) is 0. The normalized spacial score (nSPS) is 12.0. The lowest BCUT2D eigenvalue weighted by atomic mass is 10.1. The maximum Gasteiger partial charge on any atom is 0.306 e. The minimum Gasteiger partial charge on any atom is -0.454 e. The highest BCUT2D eigenvalue weighted by Crippen LogP contribution is 2.19. The van der Waals surface area contributed by atoms with Crippen LogP contribution in [0.25, 0.3) is 10.9 Å². The van der Waals surface area contributed by atoms with Crippen molar-refractivity contribution in [2.45, 2.75) is 25.9 Å². The maximum absolute atomic E-state index is 12.2. The summed E-state index contributed by atoms with van der Waals surface area (Å²) < 4.78 is 5.28. The van der Waals surface area contributed by atoms with E-state index in [1.807, 2.05) is 36.5 Å². The lowest BCUT2D eigenvalue weighted by molar-refractivity contribution is -0.146. The molecule has 0 saturated heterocycles. The van der Waals surface area contributed by atoms with E-state index >= 15 is 0 Å². The number of hydrogen-bond acceptors (Lipinski definition) is 3. The smallest absolute Gasteiger partial charge is 0.306 e. The zero-order valence-corrected chi connectivity index (χ0v) is 13.5. The molecule has 3 rings (SSSR count). The van der Waals surface area contributed by atoms with Crippen LogP contribution in [0.4, 0.5) is 0 Å². The van der Waals surface area contributed by atoms with Crippen molar-refractivity contribution in [2.75, 3.05) is 0 Å². The van der Waals surface area contributed by atoms with Gasteiger partial charge in [-0.05, 0) is 25.0 Å². The Morgan fingerprint density at radius 2 is 1.75 bits per heavy atom. The first-order valence-corrected chi connectivity index (χ1v) is 7.99. The average molecular weight is 321 g/mol. The SMILES string of the molecule is C[C@H](OC(=O)CCc1c[nH]c2ccccc12)C(=O)c1ccccc1. The third-order valence-corrected chi connectivity index (χ3v) is 4.01. The van der Waals surface area contributed by atoms with E-state index < -0.39 is 6.10 Å². The summed E-state index contributed by atoms with van der Waals surface area (Å²) in [6.07, 6.45) is 1.96. The van der Waals surface area contributed by atoms with Gasteiger partial charge in [0.2, 0.25) is 5.78 Å². The van der Waals surface area contributed by atoms with Crippen LogP contribution in [0.2, 0.25) is 0 Å². The van der Waals surface area contributed by atoms with Crippen molar-refractivity contribution >= 4 is 22.7 Å². The van der Waals surface area contributed by atoms with Gasteiger partial charge in [0.25, 0.3) is 0 Å². The zero-order valence-electron chi connectivity index (χ0n) is 13.5. The van der Waals surface area contributed by atoms with Crippen LogP contribution in [0, 0.1) is 0 Å². The van der Waals surface area contributed by atoms with Gasteiger partial charge in [0.05, 0.1) is 0 Å². The third kappa shape index (κ3) is 3.54. The van der Waals surface area contributed by atoms with Crippen molar-refractivity contribution in [3.63, 3.8) is 0 Å². The Morgan fingerprint density at radius 3 is 2.54 bits per heavy atom. The predicted octanol–water partition coefficient (Wildman–Crippen LogP) is 3.92. The summed E-state index contributed by atoms with van der Waals surface area (Å²) in [4.78, 5) is 27.4. The lowest BCUT2D eigenvalue weighted by Gasteiger charge is -2.12. The van der Waals surface area contributed by atoms with Crippen molar-refractivity contribution in [1.29, 1.82) is 0 Å². The van der Waals surface area contributed by atoms with Crippen LogP contribution < -0.4 is 0 Å². The number of aryl methyl sites for hydroxylation is 1. The summed E-state index contributed by atoms with van der Waals surface area (Å²) in [6, 6.07) is 16.8. The number of nitrogens with one attached hydrogen (secondary N) is 1. The van der Waals surface area contributed by atoms with Gasteiger partial charge in [-0.3, -0.25) is 9.59 Å². The standard InChI is InChI=1S/C20H19NO3/c1-14(20(23)15-7-3-2-4-8-15)24-19(22)12-11-16-13-21-18-10-6-5-9-17(16)18/h2-10,13-14,21H,11-12H2,1H3/t14-/m0/s1. The van der Waals surface area contributed by atoms with E-state index in [9.17, 15) is 9.59 Å². The van der Waals surface area contributed by atoms with E-state index in [1.165, 1.54) is 0 Å². The molecule has 24 heavy (non-hydrogen) atoms. The number of aromatic amines is 1. The average Bonchev–Trinajstić information content (AvgIpc) is 3.03. The number of ketones is 1. The molecule has 0 aliphatic carbocycles. The molecule has 4 heteroatoms. The monoisotopic (exact) mass is 321 g/mol. The quantitative estimate of drug-likeness (QED) is 0.553. The van der Waals surface area contributed by atoms with E-state index in [0.717, 1.165) is 16.5 Å². The molecule has 0 radical (unpaired) electrons. The summed E-state index contributed by atoms with van der Waals surface area (Å²) in [6.45, 7) is 1.61. The second kappa shape index (κ2) is 7.13. The third-order valence-electron chi connectivity index (χ3n) is 4.01. The Kier molecular flexibility index (Phi) is 4.75. The number of H-pyrrole nitrogens is 1. The van der Waals surface area contributed by atoms with Gasteiger partial charge in [-0.15, -0.1) is 0 Å². The zero-order chi connectivity index (χ0) is 16.9. The molecule has 122 valence electrons. The van der Waals surface area contributed by atoms with Gasteiger partial charge in [-0.2, -0.15) is 0 Å². The van der Waals surface area contributed by atoms with Crippen LogP contribution in [0.1, 0.15) is 29.3 Å². The number of Topliss-reactive ketones (excluding diaryl/α,β-unsaturated/α-hetero) is 1. The molecule has 0 unspecified atom stereocenters. The second-order valence-electron chi connectivity index (χ2n) is 5.72. The first kappa shape index (κ1) is 16.0. The number of para-hydroxylation sites is 1. The van der Waals surface area contributed by atoms with Crippen molar-refractivity contribution in [3.8, 4) is 0 Å². The van der Waals surface area contributed by atoms with Gasteiger partial charge in [0, 0.05) is 29.1 Å². The molecule has 0 fully saturated rings. The number of carbonyl (C=O) groups excluding carboxylic acids is 2. The number of esters is 1. The summed E-state index contributed by atoms with van der Waals surface area (Å²) in [5.74, 6) is -0.548. The molecule has 1 aromatic heterocycles. The van der Waals surface area contributed by atoms with Gasteiger partial charge in [-0.25, -0.2) is 0 Å². The highest BCUT2D eigenvalue weighted by atomic mass is 16.5. The molecule has 1 atom stereocenters. The second-order valence-corrected chi connectivity index (χ2v) is 5.72. The fraction of sp³-hybridized carbons (Fsp3) is 0.200. The van der Waals surface area contributed by atoms with Crippen molar-refractivity contribution in [3.05, 3.63) is 71.9 Å². The van der Waals surface area contributed by atoms with E-state index in [-0.39, 0.29) is 18.2 Å². The van der Waals surface area contributed by atoms with Crippen molar-refractivity contribution in [2.24, 2.45) is 0 Å². The number of rotatable bonds is 6. The Labute approximate surface area is 140 Å². The molecular weight excluding hydrogens is 302 g/mol. The van der Waals surface area contributed by atoms with Gasteiger partial charge in [0.15, 0.2) is 6.10 Å². The van der Waals surface area contributed by atoms with Crippen molar-refractivity contribution < 1.29 is 14.3 Å². The largest absolute Gasteiger partial charge is 0.454 e. The lowest BCUT2D eigenvalue weighted by Crippen LogP contribution is -2.24. The number of carbonyl (C=O) groups is 2. The molecule has 1 N–H and O–H groups in total. The topological polar surface area (TPSA) is 59.2 Å². The number of aromatic nitrogens is 1. The minimum absolute atomic E-state index is 0.184. The van der Waals surface area contributed by atoms with E-state index in [4.69, 9.17) is 4.74 Å². The van der Waals surface area contributed by atoms with Crippen LogP contribution in [-0.2, 0) is 16.0 Å². The molecule has 0 spiro atoms. The van der Waals surface area contributed by atoms with E-state index in [2.05, 4.69) is 4.98 Å². The Hall–Kier alpha value is -2.88. The molecule has 1 heterocycles. The molecule has 4 nitrogen and oxygen atoms in total.